The Labute approximate surface area is 117 Å². The van der Waals surface area contributed by atoms with E-state index in [0.717, 1.165) is 19.4 Å². The third-order valence-corrected chi connectivity index (χ3v) is 4.48. The van der Waals surface area contributed by atoms with Crippen molar-refractivity contribution in [3.8, 4) is 0 Å². The average Bonchev–Trinajstić information content (AvgIpc) is 2.46. The quantitative estimate of drug-likeness (QED) is 0.656. The van der Waals surface area contributed by atoms with Crippen molar-refractivity contribution in [2.75, 3.05) is 17.2 Å². The number of hydrogen-bond donors (Lipinski definition) is 1. The van der Waals surface area contributed by atoms with Gasteiger partial charge in [0.1, 0.15) is 6.20 Å². The lowest BCUT2D eigenvalue weighted by molar-refractivity contribution is -0.384. The van der Waals surface area contributed by atoms with Gasteiger partial charge in [-0.15, -0.1) is 0 Å². The third kappa shape index (κ3) is 2.28. The highest BCUT2D eigenvalue weighted by molar-refractivity contribution is 5.54. The maximum Gasteiger partial charge on any atom is 0.329 e. The molecule has 1 saturated carbocycles. The van der Waals surface area contributed by atoms with Gasteiger partial charge in [-0.2, -0.15) is 4.98 Å². The molecular weight excluding hydrogens is 258 g/mol. The molecule has 2 aliphatic rings. The van der Waals surface area contributed by atoms with E-state index in [0.29, 0.717) is 17.9 Å². The van der Waals surface area contributed by atoms with Crippen molar-refractivity contribution in [3.63, 3.8) is 0 Å². The zero-order valence-electron chi connectivity index (χ0n) is 11.4. The van der Waals surface area contributed by atoms with Crippen molar-refractivity contribution >= 4 is 17.5 Å². The molecule has 1 aromatic heterocycles. The number of nitrogen functional groups attached to an aromatic ring is 1. The van der Waals surface area contributed by atoms with E-state index in [9.17, 15) is 10.1 Å². The van der Waals surface area contributed by atoms with Gasteiger partial charge in [-0.05, 0) is 31.6 Å². The molecule has 2 fully saturated rings. The zero-order chi connectivity index (χ0) is 14.1. The molecule has 2 heterocycles. The van der Waals surface area contributed by atoms with Gasteiger partial charge in [0.15, 0.2) is 0 Å². The Morgan fingerprint density at radius 2 is 2.05 bits per heavy atom. The smallest absolute Gasteiger partial charge is 0.329 e. The molecule has 20 heavy (non-hydrogen) atoms. The predicted octanol–water partition coefficient (Wildman–Crippen LogP) is 2.13. The van der Waals surface area contributed by atoms with Gasteiger partial charge in [-0.3, -0.25) is 10.1 Å². The van der Waals surface area contributed by atoms with Crippen molar-refractivity contribution in [1.29, 1.82) is 0 Å². The largest absolute Gasteiger partial charge is 0.378 e. The molecule has 0 amide bonds. The fraction of sp³-hybridized carbons (Fsp3) is 0.692. The molecule has 0 spiro atoms. The van der Waals surface area contributed by atoms with Crippen LogP contribution in [0.4, 0.5) is 17.5 Å². The summed E-state index contributed by atoms with van der Waals surface area (Å²) in [6.07, 6.45) is 8.59. The monoisotopic (exact) mass is 277 g/mol. The summed E-state index contributed by atoms with van der Waals surface area (Å²) in [4.78, 5) is 20.8. The van der Waals surface area contributed by atoms with Crippen LogP contribution in [0.3, 0.4) is 0 Å². The number of hydrogen-bond acceptors (Lipinski definition) is 6. The van der Waals surface area contributed by atoms with Crippen LogP contribution in [-0.4, -0.2) is 27.5 Å². The van der Waals surface area contributed by atoms with E-state index in [1.54, 1.807) is 0 Å². The first-order valence-electron chi connectivity index (χ1n) is 7.20. The molecule has 108 valence electrons. The maximum atomic E-state index is 10.8. The Morgan fingerprint density at radius 3 is 2.80 bits per heavy atom. The predicted molar refractivity (Wildman–Crippen MR) is 75.4 cm³/mol. The van der Waals surface area contributed by atoms with E-state index in [1.165, 1.54) is 31.9 Å². The van der Waals surface area contributed by atoms with Gasteiger partial charge in [0, 0.05) is 12.6 Å². The van der Waals surface area contributed by atoms with Crippen LogP contribution in [0.15, 0.2) is 6.20 Å². The number of nitro groups is 1. The Kier molecular flexibility index (Phi) is 3.42. The van der Waals surface area contributed by atoms with Crippen molar-refractivity contribution in [2.24, 2.45) is 5.92 Å². The van der Waals surface area contributed by atoms with E-state index in [4.69, 9.17) is 5.73 Å². The molecule has 7 nitrogen and oxygen atoms in total. The van der Waals surface area contributed by atoms with Crippen LogP contribution in [0.5, 0.6) is 0 Å². The van der Waals surface area contributed by atoms with Crippen LogP contribution >= 0.6 is 0 Å². The summed E-state index contributed by atoms with van der Waals surface area (Å²) >= 11 is 0. The number of nitrogens with two attached hydrogens (primary N) is 1. The molecule has 1 aliphatic carbocycles. The lowest BCUT2D eigenvalue weighted by Gasteiger charge is -2.44. The molecule has 2 atom stereocenters. The van der Waals surface area contributed by atoms with E-state index >= 15 is 0 Å². The van der Waals surface area contributed by atoms with E-state index in [2.05, 4.69) is 14.9 Å². The van der Waals surface area contributed by atoms with Gasteiger partial charge in [-0.1, -0.05) is 12.8 Å². The Morgan fingerprint density at radius 1 is 1.30 bits per heavy atom. The fourth-order valence-electron chi connectivity index (χ4n) is 3.53. The highest BCUT2D eigenvalue weighted by atomic mass is 16.6. The second-order valence-electron chi connectivity index (χ2n) is 5.65. The number of rotatable bonds is 2. The topological polar surface area (TPSA) is 98.2 Å². The zero-order valence-corrected chi connectivity index (χ0v) is 11.4. The van der Waals surface area contributed by atoms with Gasteiger partial charge in [0.2, 0.25) is 11.8 Å². The van der Waals surface area contributed by atoms with Gasteiger partial charge in [0.05, 0.1) is 4.92 Å². The second-order valence-corrected chi connectivity index (χ2v) is 5.65. The van der Waals surface area contributed by atoms with Gasteiger partial charge >= 0.3 is 5.69 Å². The van der Waals surface area contributed by atoms with Crippen molar-refractivity contribution in [1.82, 2.24) is 9.97 Å². The normalized spacial score (nSPS) is 26.1. The summed E-state index contributed by atoms with van der Waals surface area (Å²) in [5.74, 6) is 1.21. The van der Waals surface area contributed by atoms with Crippen LogP contribution in [0, 0.1) is 16.0 Å². The lowest BCUT2D eigenvalue weighted by atomic mass is 9.78. The van der Waals surface area contributed by atoms with E-state index in [1.807, 2.05) is 0 Å². The third-order valence-electron chi connectivity index (χ3n) is 4.48. The number of piperidine rings is 1. The van der Waals surface area contributed by atoms with Crippen LogP contribution in [0.2, 0.25) is 0 Å². The minimum Gasteiger partial charge on any atom is -0.378 e. The summed E-state index contributed by atoms with van der Waals surface area (Å²) in [5.41, 5.74) is 5.46. The maximum absolute atomic E-state index is 10.8. The fourth-order valence-corrected chi connectivity index (χ4v) is 3.53. The van der Waals surface area contributed by atoms with Crippen LogP contribution in [-0.2, 0) is 0 Å². The first-order chi connectivity index (χ1) is 9.66. The van der Waals surface area contributed by atoms with Gasteiger partial charge in [0.25, 0.3) is 0 Å². The second kappa shape index (κ2) is 5.22. The van der Waals surface area contributed by atoms with Crippen molar-refractivity contribution < 1.29 is 4.92 Å². The Bertz CT molecular complexity index is 519. The molecule has 1 aliphatic heterocycles. The molecule has 1 saturated heterocycles. The van der Waals surface area contributed by atoms with Crippen LogP contribution < -0.4 is 10.6 Å². The van der Waals surface area contributed by atoms with E-state index < -0.39 is 4.92 Å². The Hall–Kier alpha value is -1.92. The highest BCUT2D eigenvalue weighted by Gasteiger charge is 2.34. The number of anilines is 2. The minimum absolute atomic E-state index is 0.0436. The molecule has 0 radical (unpaired) electrons. The molecular formula is C13H19N5O2. The standard InChI is InChI=1S/C13H19N5O2/c14-12-11(18(19)20)8-15-13(16-12)17-7-3-5-9-4-1-2-6-10(9)17/h8-10H,1-7H2,(H2,14,15,16)/t9-,10-/m0/s1. The number of aromatic nitrogens is 2. The lowest BCUT2D eigenvalue weighted by Crippen LogP contribution is -2.47. The summed E-state index contributed by atoms with van der Waals surface area (Å²) in [5, 5.41) is 10.8. The molecule has 7 heteroatoms. The first kappa shape index (κ1) is 13.1. The Balaban J connectivity index is 1.87. The number of fused-ring (bicyclic) bond motifs is 1. The van der Waals surface area contributed by atoms with Crippen LogP contribution in [0.25, 0.3) is 0 Å². The van der Waals surface area contributed by atoms with Gasteiger partial charge < -0.3 is 10.6 Å². The molecule has 0 unspecified atom stereocenters. The van der Waals surface area contributed by atoms with Crippen molar-refractivity contribution in [3.05, 3.63) is 16.3 Å². The molecule has 0 aromatic carbocycles. The average molecular weight is 277 g/mol. The van der Waals surface area contributed by atoms with Crippen molar-refractivity contribution in [2.45, 2.75) is 44.6 Å². The summed E-state index contributed by atoms with van der Waals surface area (Å²) in [7, 11) is 0. The summed E-state index contributed by atoms with van der Waals surface area (Å²) in [6.45, 7) is 0.915. The number of nitrogens with zero attached hydrogens (tertiary/aromatic N) is 4. The SMILES string of the molecule is Nc1nc(N2CCC[C@@H]3CCCC[C@@H]32)ncc1[N+](=O)[O-]. The molecule has 3 rings (SSSR count). The first-order valence-corrected chi connectivity index (χ1v) is 7.20. The highest BCUT2D eigenvalue weighted by Crippen LogP contribution is 2.37. The molecule has 2 N–H and O–H groups in total. The molecule has 0 bridgehead atoms. The summed E-state index contributed by atoms with van der Waals surface area (Å²) in [6, 6.07) is 0.471. The molecule has 1 aromatic rings. The van der Waals surface area contributed by atoms with Gasteiger partial charge in [-0.25, -0.2) is 4.98 Å². The summed E-state index contributed by atoms with van der Waals surface area (Å²) < 4.78 is 0. The van der Waals surface area contributed by atoms with Crippen LogP contribution in [0.1, 0.15) is 38.5 Å². The minimum atomic E-state index is -0.543. The van der Waals surface area contributed by atoms with E-state index in [-0.39, 0.29) is 11.5 Å².